The van der Waals surface area contributed by atoms with E-state index in [2.05, 4.69) is 10.1 Å². The molecule has 27 heavy (non-hydrogen) atoms. The maximum atomic E-state index is 13.7. The van der Waals surface area contributed by atoms with Gasteiger partial charge in [-0.1, -0.05) is 17.3 Å². The van der Waals surface area contributed by atoms with E-state index in [4.69, 9.17) is 4.52 Å². The molecule has 3 aromatic rings. The Labute approximate surface area is 161 Å². The first-order chi connectivity index (χ1) is 13.1. The lowest BCUT2D eigenvalue weighted by molar-refractivity contribution is 0.0625. The van der Waals surface area contributed by atoms with E-state index < -0.39 is 0 Å². The molecule has 0 bridgehead atoms. The molecule has 1 aliphatic heterocycles. The number of hydrogen-bond donors (Lipinski definition) is 0. The Kier molecular flexibility index (Phi) is 5.05. The second-order valence-electron chi connectivity index (χ2n) is 6.69. The molecule has 2 aromatic heterocycles. The van der Waals surface area contributed by atoms with E-state index in [9.17, 15) is 9.18 Å². The van der Waals surface area contributed by atoms with Gasteiger partial charge in [-0.15, -0.1) is 11.3 Å². The van der Waals surface area contributed by atoms with Crippen molar-refractivity contribution in [3.63, 3.8) is 0 Å². The van der Waals surface area contributed by atoms with Crippen LogP contribution in [-0.2, 0) is 6.54 Å². The fourth-order valence-corrected chi connectivity index (χ4v) is 3.84. The van der Waals surface area contributed by atoms with Crippen LogP contribution in [0, 0.1) is 12.7 Å². The number of thiophene rings is 1. The van der Waals surface area contributed by atoms with Crippen LogP contribution in [0.2, 0.25) is 0 Å². The Morgan fingerprint density at radius 3 is 2.74 bits per heavy atom. The molecule has 0 N–H and O–H groups in total. The Hall–Kier alpha value is -2.51. The van der Waals surface area contributed by atoms with Crippen molar-refractivity contribution in [1.82, 2.24) is 15.0 Å². The van der Waals surface area contributed by atoms with E-state index in [-0.39, 0.29) is 11.7 Å². The smallest absolute Gasteiger partial charge is 0.254 e. The first-order valence-corrected chi connectivity index (χ1v) is 9.75. The molecule has 0 saturated carbocycles. The van der Waals surface area contributed by atoms with Crippen molar-refractivity contribution in [2.24, 2.45) is 0 Å². The predicted molar refractivity (Wildman–Crippen MR) is 102 cm³/mol. The second-order valence-corrected chi connectivity index (χ2v) is 7.64. The molecular formula is C20H20FN3O2S. The van der Waals surface area contributed by atoms with Crippen molar-refractivity contribution in [1.29, 1.82) is 0 Å². The zero-order chi connectivity index (χ0) is 18.8. The largest absolute Gasteiger partial charge is 0.355 e. The molecule has 0 aliphatic carbocycles. The SMILES string of the molecule is Cc1ccc(C(=O)N2CCN(Cc3cc(-c4cccs4)on3)CC2)cc1F. The summed E-state index contributed by atoms with van der Waals surface area (Å²) >= 11 is 1.62. The highest BCUT2D eigenvalue weighted by Gasteiger charge is 2.23. The first-order valence-electron chi connectivity index (χ1n) is 8.87. The van der Waals surface area contributed by atoms with E-state index in [0.29, 0.717) is 30.8 Å². The lowest BCUT2D eigenvalue weighted by atomic mass is 10.1. The van der Waals surface area contributed by atoms with Gasteiger partial charge in [-0.25, -0.2) is 4.39 Å². The monoisotopic (exact) mass is 385 g/mol. The minimum absolute atomic E-state index is 0.116. The number of nitrogens with zero attached hydrogens (tertiary/aromatic N) is 3. The summed E-state index contributed by atoms with van der Waals surface area (Å²) in [6, 6.07) is 10.6. The van der Waals surface area contributed by atoms with Crippen molar-refractivity contribution in [2.75, 3.05) is 26.2 Å². The normalized spacial score (nSPS) is 15.3. The van der Waals surface area contributed by atoms with E-state index >= 15 is 0 Å². The van der Waals surface area contributed by atoms with Gasteiger partial charge in [0, 0.05) is 44.4 Å². The topological polar surface area (TPSA) is 49.6 Å². The molecule has 3 heterocycles. The van der Waals surface area contributed by atoms with Gasteiger partial charge in [0.15, 0.2) is 5.76 Å². The van der Waals surface area contributed by atoms with Crippen LogP contribution in [0.4, 0.5) is 4.39 Å². The van der Waals surface area contributed by atoms with Crippen LogP contribution >= 0.6 is 11.3 Å². The third-order valence-electron chi connectivity index (χ3n) is 4.79. The quantitative estimate of drug-likeness (QED) is 0.685. The molecule has 1 aromatic carbocycles. The number of rotatable bonds is 4. The van der Waals surface area contributed by atoms with Crippen LogP contribution in [0.1, 0.15) is 21.6 Å². The minimum Gasteiger partial charge on any atom is -0.355 e. The van der Waals surface area contributed by atoms with E-state index in [1.54, 1.807) is 35.3 Å². The van der Waals surface area contributed by atoms with Gasteiger partial charge in [-0.3, -0.25) is 9.69 Å². The van der Waals surface area contributed by atoms with Crippen LogP contribution in [0.25, 0.3) is 10.6 Å². The van der Waals surface area contributed by atoms with Gasteiger partial charge < -0.3 is 9.42 Å². The van der Waals surface area contributed by atoms with Gasteiger partial charge >= 0.3 is 0 Å². The van der Waals surface area contributed by atoms with Gasteiger partial charge in [-0.05, 0) is 36.1 Å². The Bertz CT molecular complexity index is 931. The molecule has 0 atom stereocenters. The molecule has 1 amide bonds. The maximum absolute atomic E-state index is 13.7. The number of benzene rings is 1. The summed E-state index contributed by atoms with van der Waals surface area (Å²) < 4.78 is 19.1. The summed E-state index contributed by atoms with van der Waals surface area (Å²) in [6.45, 7) is 5.11. The summed E-state index contributed by atoms with van der Waals surface area (Å²) in [5.74, 6) is 0.331. The summed E-state index contributed by atoms with van der Waals surface area (Å²) in [7, 11) is 0. The average molecular weight is 385 g/mol. The van der Waals surface area contributed by atoms with E-state index in [1.165, 1.54) is 6.07 Å². The third-order valence-corrected chi connectivity index (χ3v) is 5.67. The third kappa shape index (κ3) is 3.94. The highest BCUT2D eigenvalue weighted by Crippen LogP contribution is 2.25. The van der Waals surface area contributed by atoms with Gasteiger partial charge in [-0.2, -0.15) is 0 Å². The number of amides is 1. The molecule has 0 spiro atoms. The number of aryl methyl sites for hydroxylation is 1. The van der Waals surface area contributed by atoms with Gasteiger partial charge in [0.25, 0.3) is 5.91 Å². The van der Waals surface area contributed by atoms with Crippen LogP contribution in [0.15, 0.2) is 46.3 Å². The maximum Gasteiger partial charge on any atom is 0.254 e. The van der Waals surface area contributed by atoms with E-state index in [0.717, 1.165) is 29.4 Å². The van der Waals surface area contributed by atoms with Crippen molar-refractivity contribution in [2.45, 2.75) is 13.5 Å². The number of piperazine rings is 1. The summed E-state index contributed by atoms with van der Waals surface area (Å²) in [5, 5.41) is 6.16. The lowest BCUT2D eigenvalue weighted by Crippen LogP contribution is -2.48. The van der Waals surface area contributed by atoms with Gasteiger partial charge in [0.2, 0.25) is 0 Å². The molecule has 5 nitrogen and oxygen atoms in total. The highest BCUT2D eigenvalue weighted by atomic mass is 32.1. The summed E-state index contributed by atoms with van der Waals surface area (Å²) in [6.07, 6.45) is 0. The molecule has 7 heteroatoms. The van der Waals surface area contributed by atoms with Crippen LogP contribution < -0.4 is 0 Å². The lowest BCUT2D eigenvalue weighted by Gasteiger charge is -2.34. The fraction of sp³-hybridized carbons (Fsp3) is 0.300. The molecule has 4 rings (SSSR count). The standard InChI is InChI=1S/C20H20FN3O2S/c1-14-4-5-15(11-17(14)21)20(25)24-8-6-23(7-9-24)13-16-12-18(26-22-16)19-3-2-10-27-19/h2-5,10-12H,6-9,13H2,1H3. The number of halogens is 1. The fourth-order valence-electron chi connectivity index (χ4n) is 3.17. The number of carbonyl (C=O) groups is 1. The summed E-state index contributed by atoms with van der Waals surface area (Å²) in [4.78, 5) is 17.7. The van der Waals surface area contributed by atoms with Gasteiger partial charge in [0.1, 0.15) is 5.82 Å². The molecule has 0 radical (unpaired) electrons. The van der Waals surface area contributed by atoms with Crippen molar-refractivity contribution >= 4 is 17.2 Å². The predicted octanol–water partition coefficient (Wildman–Crippen LogP) is 3.81. The van der Waals surface area contributed by atoms with E-state index in [1.807, 2.05) is 23.6 Å². The Morgan fingerprint density at radius 1 is 1.22 bits per heavy atom. The van der Waals surface area contributed by atoms with Gasteiger partial charge in [0.05, 0.1) is 10.6 Å². The molecular weight excluding hydrogens is 365 g/mol. The zero-order valence-electron chi connectivity index (χ0n) is 15.0. The zero-order valence-corrected chi connectivity index (χ0v) is 15.8. The average Bonchev–Trinajstić information content (AvgIpc) is 3.36. The van der Waals surface area contributed by atoms with Crippen molar-refractivity contribution in [3.05, 3.63) is 64.4 Å². The first kappa shape index (κ1) is 17.9. The minimum atomic E-state index is -0.341. The van der Waals surface area contributed by atoms with Crippen molar-refractivity contribution in [3.8, 4) is 10.6 Å². The van der Waals surface area contributed by atoms with Crippen LogP contribution in [0.5, 0.6) is 0 Å². The number of hydrogen-bond acceptors (Lipinski definition) is 5. The number of aromatic nitrogens is 1. The van der Waals surface area contributed by atoms with Crippen LogP contribution in [0.3, 0.4) is 0 Å². The Balaban J connectivity index is 1.33. The molecule has 140 valence electrons. The number of carbonyl (C=O) groups excluding carboxylic acids is 1. The molecule has 1 saturated heterocycles. The molecule has 0 unspecified atom stereocenters. The molecule has 1 fully saturated rings. The van der Waals surface area contributed by atoms with Crippen molar-refractivity contribution < 1.29 is 13.7 Å². The summed E-state index contributed by atoms with van der Waals surface area (Å²) in [5.41, 5.74) is 1.84. The Morgan fingerprint density at radius 2 is 2.04 bits per heavy atom. The highest BCUT2D eigenvalue weighted by molar-refractivity contribution is 7.13. The van der Waals surface area contributed by atoms with Crippen LogP contribution in [-0.4, -0.2) is 47.0 Å². The second kappa shape index (κ2) is 7.62. The molecule has 1 aliphatic rings.